The Kier molecular flexibility index (Phi) is 3.11. The van der Waals surface area contributed by atoms with Gasteiger partial charge in [-0.1, -0.05) is 0 Å². The van der Waals surface area contributed by atoms with Crippen molar-refractivity contribution in [2.75, 3.05) is 5.73 Å². The Morgan fingerprint density at radius 2 is 2.38 bits per heavy atom. The number of anilines is 1. The van der Waals surface area contributed by atoms with E-state index in [-0.39, 0.29) is 5.91 Å². The summed E-state index contributed by atoms with van der Waals surface area (Å²) < 4.78 is 0. The van der Waals surface area contributed by atoms with Gasteiger partial charge >= 0.3 is 0 Å². The highest BCUT2D eigenvalue weighted by Gasteiger charge is 2.05. The minimum atomic E-state index is -0.179. The molecule has 0 aliphatic heterocycles. The molecule has 1 amide bonds. The number of nitrogen functional groups attached to an aromatic ring is 1. The minimum absolute atomic E-state index is 0.179. The third kappa shape index (κ3) is 2.54. The normalized spacial score (nSPS) is 10.0. The SMILES string of the molecule is Nc1cc(C(=O)NCc2cscn2)ccn1. The van der Waals surface area contributed by atoms with Crippen molar-refractivity contribution in [1.29, 1.82) is 0 Å². The summed E-state index contributed by atoms with van der Waals surface area (Å²) in [5.41, 5.74) is 8.56. The molecule has 0 atom stereocenters. The summed E-state index contributed by atoms with van der Waals surface area (Å²) in [6.07, 6.45) is 1.51. The van der Waals surface area contributed by atoms with Gasteiger partial charge in [0.15, 0.2) is 0 Å². The van der Waals surface area contributed by atoms with Crippen LogP contribution in [0, 0.1) is 0 Å². The standard InChI is InChI=1S/C10H10N4OS/c11-9-3-7(1-2-12-9)10(15)13-4-8-5-16-6-14-8/h1-3,5-6H,4H2,(H2,11,12)(H,13,15). The Bertz CT molecular complexity index is 483. The lowest BCUT2D eigenvalue weighted by molar-refractivity contribution is 0.0950. The lowest BCUT2D eigenvalue weighted by Gasteiger charge is -2.03. The zero-order chi connectivity index (χ0) is 11.4. The first-order valence-corrected chi connectivity index (χ1v) is 5.57. The second-order valence-corrected chi connectivity index (χ2v) is 3.85. The molecule has 0 saturated heterocycles. The summed E-state index contributed by atoms with van der Waals surface area (Å²) in [5.74, 6) is 0.156. The number of nitrogens with zero attached hydrogens (tertiary/aromatic N) is 2. The van der Waals surface area contributed by atoms with Crippen molar-refractivity contribution in [3.05, 3.63) is 40.5 Å². The van der Waals surface area contributed by atoms with Crippen molar-refractivity contribution >= 4 is 23.1 Å². The second-order valence-electron chi connectivity index (χ2n) is 3.13. The van der Waals surface area contributed by atoms with Crippen LogP contribution in [0.25, 0.3) is 0 Å². The Morgan fingerprint density at radius 3 is 3.06 bits per heavy atom. The summed E-state index contributed by atoms with van der Waals surface area (Å²) in [5, 5.41) is 4.64. The summed E-state index contributed by atoms with van der Waals surface area (Å²) in [6.45, 7) is 0.421. The maximum Gasteiger partial charge on any atom is 0.251 e. The fraction of sp³-hybridized carbons (Fsp3) is 0.100. The van der Waals surface area contributed by atoms with Crippen molar-refractivity contribution in [3.63, 3.8) is 0 Å². The number of pyridine rings is 1. The molecule has 82 valence electrons. The van der Waals surface area contributed by atoms with Gasteiger partial charge in [0.25, 0.3) is 5.91 Å². The van der Waals surface area contributed by atoms with E-state index in [0.29, 0.717) is 17.9 Å². The van der Waals surface area contributed by atoms with Crippen molar-refractivity contribution < 1.29 is 4.79 Å². The predicted molar refractivity (Wildman–Crippen MR) is 61.9 cm³/mol. The third-order valence-electron chi connectivity index (χ3n) is 1.96. The zero-order valence-electron chi connectivity index (χ0n) is 8.38. The van der Waals surface area contributed by atoms with E-state index in [4.69, 9.17) is 5.73 Å². The molecule has 0 aromatic carbocycles. The summed E-state index contributed by atoms with van der Waals surface area (Å²) in [7, 11) is 0. The molecule has 0 bridgehead atoms. The molecule has 0 saturated carbocycles. The van der Waals surface area contributed by atoms with E-state index in [9.17, 15) is 4.79 Å². The molecule has 0 spiro atoms. The lowest BCUT2D eigenvalue weighted by Crippen LogP contribution is -2.23. The van der Waals surface area contributed by atoms with Gasteiger partial charge in [-0.05, 0) is 12.1 Å². The Balaban J connectivity index is 1.98. The zero-order valence-corrected chi connectivity index (χ0v) is 9.20. The van der Waals surface area contributed by atoms with E-state index in [1.807, 2.05) is 5.38 Å². The molecule has 16 heavy (non-hydrogen) atoms. The maximum absolute atomic E-state index is 11.7. The van der Waals surface area contributed by atoms with Crippen LogP contribution < -0.4 is 11.1 Å². The Hall–Kier alpha value is -1.95. The number of nitrogens with one attached hydrogen (secondary N) is 1. The van der Waals surface area contributed by atoms with Crippen molar-refractivity contribution in [2.24, 2.45) is 0 Å². The first-order chi connectivity index (χ1) is 7.75. The average Bonchev–Trinajstić information content (AvgIpc) is 2.78. The molecular formula is C10H10N4OS. The van der Waals surface area contributed by atoms with Crippen LogP contribution in [-0.2, 0) is 6.54 Å². The second kappa shape index (κ2) is 4.71. The van der Waals surface area contributed by atoms with E-state index in [1.165, 1.54) is 23.6 Å². The monoisotopic (exact) mass is 234 g/mol. The molecular weight excluding hydrogens is 224 g/mol. The number of amides is 1. The average molecular weight is 234 g/mol. The molecule has 2 aromatic rings. The van der Waals surface area contributed by atoms with Gasteiger partial charge in [-0.3, -0.25) is 4.79 Å². The molecule has 2 aromatic heterocycles. The smallest absolute Gasteiger partial charge is 0.251 e. The van der Waals surface area contributed by atoms with Crippen LogP contribution in [0.3, 0.4) is 0 Å². The van der Waals surface area contributed by atoms with Gasteiger partial charge in [-0.2, -0.15) is 0 Å². The first kappa shape index (κ1) is 10.6. The highest BCUT2D eigenvalue weighted by Crippen LogP contribution is 2.04. The van der Waals surface area contributed by atoms with Gasteiger partial charge in [0.2, 0.25) is 0 Å². The van der Waals surface area contributed by atoms with E-state index in [2.05, 4.69) is 15.3 Å². The third-order valence-corrected chi connectivity index (χ3v) is 2.59. The van der Waals surface area contributed by atoms with Crippen molar-refractivity contribution in [2.45, 2.75) is 6.54 Å². The van der Waals surface area contributed by atoms with Crippen LogP contribution in [0.1, 0.15) is 16.1 Å². The highest BCUT2D eigenvalue weighted by atomic mass is 32.1. The van der Waals surface area contributed by atoms with Gasteiger partial charge in [0.05, 0.1) is 17.7 Å². The Morgan fingerprint density at radius 1 is 1.50 bits per heavy atom. The molecule has 5 nitrogen and oxygen atoms in total. The molecule has 0 fully saturated rings. The number of aromatic nitrogens is 2. The van der Waals surface area contributed by atoms with E-state index < -0.39 is 0 Å². The fourth-order valence-corrected chi connectivity index (χ4v) is 1.75. The molecule has 2 rings (SSSR count). The molecule has 3 N–H and O–H groups in total. The quantitative estimate of drug-likeness (QED) is 0.831. The van der Waals surface area contributed by atoms with Gasteiger partial charge < -0.3 is 11.1 Å². The van der Waals surface area contributed by atoms with Crippen LogP contribution in [0.4, 0.5) is 5.82 Å². The molecule has 0 aliphatic carbocycles. The van der Waals surface area contributed by atoms with Crippen LogP contribution in [0.15, 0.2) is 29.2 Å². The van der Waals surface area contributed by atoms with Crippen molar-refractivity contribution in [1.82, 2.24) is 15.3 Å². The largest absolute Gasteiger partial charge is 0.384 e. The number of thiazole rings is 1. The Labute approximate surface area is 96.3 Å². The fourth-order valence-electron chi connectivity index (χ4n) is 1.19. The summed E-state index contributed by atoms with van der Waals surface area (Å²) >= 11 is 1.50. The minimum Gasteiger partial charge on any atom is -0.384 e. The summed E-state index contributed by atoms with van der Waals surface area (Å²) in [4.78, 5) is 19.6. The predicted octanol–water partition coefficient (Wildman–Crippen LogP) is 1.05. The van der Waals surface area contributed by atoms with E-state index in [1.54, 1.807) is 11.6 Å². The number of hydrogen-bond acceptors (Lipinski definition) is 5. The van der Waals surface area contributed by atoms with Crippen LogP contribution >= 0.6 is 11.3 Å². The van der Waals surface area contributed by atoms with Gasteiger partial charge in [0.1, 0.15) is 5.82 Å². The van der Waals surface area contributed by atoms with E-state index in [0.717, 1.165) is 5.69 Å². The number of carbonyl (C=O) groups is 1. The van der Waals surface area contributed by atoms with E-state index >= 15 is 0 Å². The number of hydrogen-bond donors (Lipinski definition) is 2. The van der Waals surface area contributed by atoms with Gasteiger partial charge in [0, 0.05) is 17.1 Å². The van der Waals surface area contributed by atoms with Gasteiger partial charge in [-0.15, -0.1) is 11.3 Å². The topological polar surface area (TPSA) is 80.9 Å². The van der Waals surface area contributed by atoms with Crippen LogP contribution in [0.5, 0.6) is 0 Å². The maximum atomic E-state index is 11.7. The molecule has 2 heterocycles. The molecule has 0 radical (unpaired) electrons. The van der Waals surface area contributed by atoms with Crippen molar-refractivity contribution in [3.8, 4) is 0 Å². The van der Waals surface area contributed by atoms with Gasteiger partial charge in [-0.25, -0.2) is 9.97 Å². The number of rotatable bonds is 3. The summed E-state index contributed by atoms with van der Waals surface area (Å²) in [6, 6.07) is 3.16. The number of nitrogens with two attached hydrogens (primary N) is 1. The highest BCUT2D eigenvalue weighted by molar-refractivity contribution is 7.07. The van der Waals surface area contributed by atoms with Crippen LogP contribution in [0.2, 0.25) is 0 Å². The first-order valence-electron chi connectivity index (χ1n) is 4.62. The molecule has 0 unspecified atom stereocenters. The number of carbonyl (C=O) groups excluding carboxylic acids is 1. The molecule has 0 aliphatic rings. The molecule has 6 heteroatoms. The van der Waals surface area contributed by atoms with Crippen LogP contribution in [-0.4, -0.2) is 15.9 Å². The lowest BCUT2D eigenvalue weighted by atomic mass is 10.2.